The van der Waals surface area contributed by atoms with Crippen molar-refractivity contribution in [2.24, 2.45) is 0 Å². The Morgan fingerprint density at radius 2 is 2.20 bits per heavy atom. The highest BCUT2D eigenvalue weighted by molar-refractivity contribution is 14.1. The van der Waals surface area contributed by atoms with Crippen molar-refractivity contribution >= 4 is 22.6 Å². The van der Waals surface area contributed by atoms with Gasteiger partial charge in [-0.1, -0.05) is 18.2 Å². The van der Waals surface area contributed by atoms with Crippen molar-refractivity contribution in [1.82, 2.24) is 4.90 Å². The topological polar surface area (TPSA) is 23.5 Å². The van der Waals surface area contributed by atoms with Crippen molar-refractivity contribution < 1.29 is 5.11 Å². The molecule has 1 saturated heterocycles. The average molecular weight is 317 g/mol. The molecule has 0 aromatic heterocycles. The van der Waals surface area contributed by atoms with Gasteiger partial charge in [-0.25, -0.2) is 0 Å². The van der Waals surface area contributed by atoms with Crippen LogP contribution in [0, 0.1) is 3.57 Å². The van der Waals surface area contributed by atoms with E-state index in [1.54, 1.807) is 0 Å². The Morgan fingerprint density at radius 1 is 1.47 bits per heavy atom. The number of rotatable bonds is 2. The molecule has 1 aromatic carbocycles. The standard InChI is InChI=1S/C12H16INO/c1-9(14-7-6-10(15)8-14)11-4-2-3-5-12(11)13/h2-5,9-10,15H,6-8H2,1H3/t9-,10?/m0/s1. The van der Waals surface area contributed by atoms with Gasteiger partial charge in [-0.3, -0.25) is 4.90 Å². The van der Waals surface area contributed by atoms with Crippen LogP contribution in [-0.4, -0.2) is 29.2 Å². The fourth-order valence-electron chi connectivity index (χ4n) is 2.13. The number of β-amino-alcohol motifs (C(OH)–C–C–N with tert-alkyl or cyclic N) is 1. The zero-order valence-electron chi connectivity index (χ0n) is 8.86. The normalized spacial score (nSPS) is 24.3. The van der Waals surface area contributed by atoms with E-state index in [1.165, 1.54) is 9.13 Å². The highest BCUT2D eigenvalue weighted by Gasteiger charge is 2.25. The molecule has 1 aliphatic rings. The first-order chi connectivity index (χ1) is 7.18. The number of benzene rings is 1. The largest absolute Gasteiger partial charge is 0.392 e. The van der Waals surface area contributed by atoms with Gasteiger partial charge in [0.25, 0.3) is 0 Å². The van der Waals surface area contributed by atoms with Gasteiger partial charge in [0.05, 0.1) is 6.10 Å². The fourth-order valence-corrected chi connectivity index (χ4v) is 2.97. The Kier molecular flexibility index (Phi) is 3.64. The molecule has 15 heavy (non-hydrogen) atoms. The van der Waals surface area contributed by atoms with Crippen molar-refractivity contribution in [3.8, 4) is 0 Å². The third kappa shape index (κ3) is 2.52. The summed E-state index contributed by atoms with van der Waals surface area (Å²) in [5, 5.41) is 9.52. The average Bonchev–Trinajstić information content (AvgIpc) is 2.65. The summed E-state index contributed by atoms with van der Waals surface area (Å²) in [5.74, 6) is 0. The molecule has 0 amide bonds. The summed E-state index contributed by atoms with van der Waals surface area (Å²) in [5.41, 5.74) is 1.37. The van der Waals surface area contributed by atoms with Gasteiger partial charge >= 0.3 is 0 Å². The Labute approximate surface area is 104 Å². The molecule has 2 rings (SSSR count). The van der Waals surface area contributed by atoms with Crippen LogP contribution in [0.5, 0.6) is 0 Å². The van der Waals surface area contributed by atoms with E-state index in [0.29, 0.717) is 6.04 Å². The lowest BCUT2D eigenvalue weighted by Gasteiger charge is -2.25. The van der Waals surface area contributed by atoms with Gasteiger partial charge in [0.1, 0.15) is 0 Å². The summed E-state index contributed by atoms with van der Waals surface area (Å²) in [4.78, 5) is 2.35. The lowest BCUT2D eigenvalue weighted by atomic mass is 10.1. The fraction of sp³-hybridized carbons (Fsp3) is 0.500. The van der Waals surface area contributed by atoms with Gasteiger partial charge in [-0.2, -0.15) is 0 Å². The lowest BCUT2D eigenvalue weighted by molar-refractivity contribution is 0.163. The number of halogens is 1. The van der Waals surface area contributed by atoms with Gasteiger partial charge < -0.3 is 5.11 Å². The molecule has 2 nitrogen and oxygen atoms in total. The van der Waals surface area contributed by atoms with E-state index >= 15 is 0 Å². The minimum absolute atomic E-state index is 0.131. The van der Waals surface area contributed by atoms with E-state index in [2.05, 4.69) is 58.7 Å². The molecule has 0 aliphatic carbocycles. The van der Waals surface area contributed by atoms with Crippen molar-refractivity contribution in [2.75, 3.05) is 13.1 Å². The highest BCUT2D eigenvalue weighted by Crippen LogP contribution is 2.27. The second-order valence-corrected chi connectivity index (χ2v) is 5.30. The molecule has 1 N–H and O–H groups in total. The Balaban J connectivity index is 2.14. The summed E-state index contributed by atoms with van der Waals surface area (Å²) >= 11 is 2.38. The molecular formula is C12H16INO. The first kappa shape index (κ1) is 11.4. The van der Waals surface area contributed by atoms with E-state index in [-0.39, 0.29) is 6.10 Å². The van der Waals surface area contributed by atoms with Crippen molar-refractivity contribution in [1.29, 1.82) is 0 Å². The molecule has 1 unspecified atom stereocenters. The quantitative estimate of drug-likeness (QED) is 0.847. The maximum Gasteiger partial charge on any atom is 0.0679 e. The van der Waals surface area contributed by atoms with Gasteiger partial charge in [0, 0.05) is 22.7 Å². The van der Waals surface area contributed by atoms with Gasteiger partial charge in [-0.15, -0.1) is 0 Å². The first-order valence-corrected chi connectivity index (χ1v) is 6.43. The highest BCUT2D eigenvalue weighted by atomic mass is 127. The second kappa shape index (κ2) is 4.80. The predicted octanol–water partition coefficient (Wildman–Crippen LogP) is 2.42. The van der Waals surface area contributed by atoms with Crippen LogP contribution in [0.4, 0.5) is 0 Å². The molecule has 0 bridgehead atoms. The molecule has 82 valence electrons. The van der Waals surface area contributed by atoms with Crippen LogP contribution in [0.15, 0.2) is 24.3 Å². The molecule has 0 saturated carbocycles. The van der Waals surface area contributed by atoms with Crippen LogP contribution in [-0.2, 0) is 0 Å². The maximum atomic E-state index is 9.52. The maximum absolute atomic E-state index is 9.52. The molecular weight excluding hydrogens is 301 g/mol. The minimum Gasteiger partial charge on any atom is -0.392 e. The van der Waals surface area contributed by atoms with Crippen LogP contribution < -0.4 is 0 Å². The number of hydrogen-bond acceptors (Lipinski definition) is 2. The van der Waals surface area contributed by atoms with Crippen LogP contribution in [0.3, 0.4) is 0 Å². The zero-order chi connectivity index (χ0) is 10.8. The van der Waals surface area contributed by atoms with E-state index in [9.17, 15) is 5.11 Å². The molecule has 1 aliphatic heterocycles. The zero-order valence-corrected chi connectivity index (χ0v) is 11.0. The summed E-state index contributed by atoms with van der Waals surface area (Å²) in [6, 6.07) is 8.88. The van der Waals surface area contributed by atoms with Crippen molar-refractivity contribution in [3.05, 3.63) is 33.4 Å². The third-order valence-electron chi connectivity index (χ3n) is 3.10. The summed E-state index contributed by atoms with van der Waals surface area (Å²) in [6.07, 6.45) is 0.780. The number of nitrogens with zero attached hydrogens (tertiary/aromatic N) is 1. The summed E-state index contributed by atoms with van der Waals surface area (Å²) in [6.45, 7) is 4.04. The van der Waals surface area contributed by atoms with Crippen LogP contribution in [0.25, 0.3) is 0 Å². The summed E-state index contributed by atoms with van der Waals surface area (Å²) < 4.78 is 1.31. The Morgan fingerprint density at radius 3 is 2.80 bits per heavy atom. The SMILES string of the molecule is C[C@@H](c1ccccc1I)N1CCC(O)C1. The minimum atomic E-state index is -0.131. The molecule has 1 aromatic rings. The third-order valence-corrected chi connectivity index (χ3v) is 4.08. The number of hydrogen-bond donors (Lipinski definition) is 1. The van der Waals surface area contributed by atoms with Gasteiger partial charge in [0.2, 0.25) is 0 Å². The van der Waals surface area contributed by atoms with E-state index in [1.807, 2.05) is 0 Å². The predicted molar refractivity (Wildman–Crippen MR) is 69.8 cm³/mol. The van der Waals surface area contributed by atoms with E-state index in [4.69, 9.17) is 0 Å². The Hall–Kier alpha value is -0.130. The van der Waals surface area contributed by atoms with Gasteiger partial charge in [0.15, 0.2) is 0 Å². The second-order valence-electron chi connectivity index (χ2n) is 4.13. The monoisotopic (exact) mass is 317 g/mol. The van der Waals surface area contributed by atoms with E-state index < -0.39 is 0 Å². The summed E-state index contributed by atoms with van der Waals surface area (Å²) in [7, 11) is 0. The van der Waals surface area contributed by atoms with Crippen LogP contribution >= 0.6 is 22.6 Å². The van der Waals surface area contributed by atoms with Crippen molar-refractivity contribution in [3.63, 3.8) is 0 Å². The van der Waals surface area contributed by atoms with E-state index in [0.717, 1.165) is 19.5 Å². The number of aliphatic hydroxyl groups excluding tert-OH is 1. The van der Waals surface area contributed by atoms with Crippen LogP contribution in [0.1, 0.15) is 24.9 Å². The first-order valence-electron chi connectivity index (χ1n) is 5.35. The Bertz CT molecular complexity index is 342. The molecule has 1 heterocycles. The molecule has 1 fully saturated rings. The van der Waals surface area contributed by atoms with Crippen molar-refractivity contribution in [2.45, 2.75) is 25.5 Å². The lowest BCUT2D eigenvalue weighted by Crippen LogP contribution is -2.26. The molecule has 0 radical (unpaired) electrons. The molecule has 3 heteroatoms. The van der Waals surface area contributed by atoms with Crippen LogP contribution in [0.2, 0.25) is 0 Å². The molecule has 0 spiro atoms. The number of likely N-dealkylation sites (tertiary alicyclic amines) is 1. The van der Waals surface area contributed by atoms with Gasteiger partial charge in [-0.05, 0) is 47.6 Å². The smallest absolute Gasteiger partial charge is 0.0679 e. The molecule has 2 atom stereocenters. The number of aliphatic hydroxyl groups is 1.